The second-order valence-electron chi connectivity index (χ2n) is 5.81. The van der Waals surface area contributed by atoms with Gasteiger partial charge < -0.3 is 19.7 Å². The summed E-state index contributed by atoms with van der Waals surface area (Å²) in [6, 6.07) is 7.29. The van der Waals surface area contributed by atoms with Crippen LogP contribution in [-0.2, 0) is 14.3 Å². The van der Waals surface area contributed by atoms with E-state index in [0.29, 0.717) is 25.4 Å². The van der Waals surface area contributed by atoms with E-state index in [4.69, 9.17) is 9.47 Å². The molecule has 1 fully saturated rings. The van der Waals surface area contributed by atoms with Crippen LogP contribution in [0.4, 0.5) is 0 Å². The molecule has 1 aliphatic rings. The van der Waals surface area contributed by atoms with Crippen LogP contribution >= 0.6 is 0 Å². The van der Waals surface area contributed by atoms with Gasteiger partial charge in [0.15, 0.2) is 0 Å². The lowest BCUT2D eigenvalue weighted by Crippen LogP contribution is -2.36. The zero-order valence-corrected chi connectivity index (χ0v) is 14.6. The molecule has 0 aliphatic carbocycles. The number of carbonyl (C=O) groups is 2. The number of carbonyl (C=O) groups excluding carboxylic acids is 2. The number of hydrogen-bond acceptors (Lipinski definition) is 4. The van der Waals surface area contributed by atoms with E-state index in [-0.39, 0.29) is 24.3 Å². The molecule has 0 saturated carbocycles. The van der Waals surface area contributed by atoms with Crippen molar-refractivity contribution in [2.75, 3.05) is 33.9 Å². The van der Waals surface area contributed by atoms with Crippen LogP contribution in [0.2, 0.25) is 0 Å². The largest absolute Gasteiger partial charge is 0.496 e. The third-order valence-electron chi connectivity index (χ3n) is 4.39. The van der Waals surface area contributed by atoms with E-state index in [2.05, 4.69) is 5.32 Å². The van der Waals surface area contributed by atoms with Gasteiger partial charge in [0.05, 0.1) is 19.1 Å². The number of nitrogens with one attached hydrogen (secondary N) is 1. The van der Waals surface area contributed by atoms with E-state index in [1.807, 2.05) is 31.2 Å². The molecule has 132 valence electrons. The lowest BCUT2D eigenvalue weighted by atomic mass is 9.92. The molecule has 2 atom stereocenters. The Morgan fingerprint density at radius 2 is 2.08 bits per heavy atom. The molecular weight excluding hydrogens is 308 g/mol. The van der Waals surface area contributed by atoms with Crippen molar-refractivity contribution in [2.24, 2.45) is 5.92 Å². The van der Waals surface area contributed by atoms with E-state index < -0.39 is 5.92 Å². The van der Waals surface area contributed by atoms with Crippen LogP contribution in [0, 0.1) is 5.92 Å². The van der Waals surface area contributed by atoms with Gasteiger partial charge in [0, 0.05) is 38.8 Å². The summed E-state index contributed by atoms with van der Waals surface area (Å²) in [7, 11) is 3.24. The maximum atomic E-state index is 12.6. The predicted octanol–water partition coefficient (Wildman–Crippen LogP) is 1.76. The molecule has 1 aromatic rings. The van der Waals surface area contributed by atoms with E-state index >= 15 is 0 Å². The highest BCUT2D eigenvalue weighted by atomic mass is 16.5. The zero-order valence-electron chi connectivity index (χ0n) is 14.6. The molecular formula is C18H26N2O4. The molecule has 1 aromatic carbocycles. The molecule has 24 heavy (non-hydrogen) atoms. The van der Waals surface area contributed by atoms with Gasteiger partial charge in [0.1, 0.15) is 5.75 Å². The highest BCUT2D eigenvalue weighted by Crippen LogP contribution is 2.41. The fourth-order valence-corrected chi connectivity index (χ4v) is 3.25. The molecule has 0 radical (unpaired) electrons. The summed E-state index contributed by atoms with van der Waals surface area (Å²) < 4.78 is 10.4. The van der Waals surface area contributed by atoms with Crippen LogP contribution in [0.1, 0.15) is 31.4 Å². The number of rotatable bonds is 8. The number of likely N-dealkylation sites (tertiary alicyclic amines) is 1. The Morgan fingerprint density at radius 1 is 1.33 bits per heavy atom. The van der Waals surface area contributed by atoms with E-state index in [0.717, 1.165) is 12.0 Å². The maximum Gasteiger partial charge on any atom is 0.226 e. The van der Waals surface area contributed by atoms with Crippen LogP contribution in [0.25, 0.3) is 0 Å². The van der Waals surface area contributed by atoms with Crippen molar-refractivity contribution in [3.63, 3.8) is 0 Å². The number of methoxy groups -OCH3 is 2. The van der Waals surface area contributed by atoms with Crippen molar-refractivity contribution >= 4 is 11.8 Å². The molecule has 0 unspecified atom stereocenters. The van der Waals surface area contributed by atoms with Crippen LogP contribution < -0.4 is 10.1 Å². The monoisotopic (exact) mass is 334 g/mol. The molecule has 1 saturated heterocycles. The molecule has 2 rings (SSSR count). The Bertz CT molecular complexity index is 576. The normalized spacial score (nSPS) is 20.3. The zero-order chi connectivity index (χ0) is 17.5. The average molecular weight is 334 g/mol. The average Bonchev–Trinajstić information content (AvgIpc) is 2.94. The maximum absolute atomic E-state index is 12.6. The first-order chi connectivity index (χ1) is 11.6. The highest BCUT2D eigenvalue weighted by molar-refractivity contribution is 5.90. The van der Waals surface area contributed by atoms with Gasteiger partial charge in [0.2, 0.25) is 11.8 Å². The van der Waals surface area contributed by atoms with Gasteiger partial charge in [-0.3, -0.25) is 9.59 Å². The lowest BCUT2D eigenvalue weighted by Gasteiger charge is -2.28. The minimum Gasteiger partial charge on any atom is -0.496 e. The van der Waals surface area contributed by atoms with Gasteiger partial charge in [-0.2, -0.15) is 0 Å². The van der Waals surface area contributed by atoms with Crippen molar-refractivity contribution in [1.29, 1.82) is 0 Å². The van der Waals surface area contributed by atoms with Crippen LogP contribution in [0.5, 0.6) is 5.75 Å². The minimum absolute atomic E-state index is 0.00504. The number of benzene rings is 1. The van der Waals surface area contributed by atoms with Crippen molar-refractivity contribution in [2.45, 2.75) is 25.8 Å². The fraction of sp³-hybridized carbons (Fsp3) is 0.556. The molecule has 0 bridgehead atoms. The number of amides is 2. The summed E-state index contributed by atoms with van der Waals surface area (Å²) in [5, 5.41) is 2.92. The number of para-hydroxylation sites is 1. The third-order valence-corrected chi connectivity index (χ3v) is 4.39. The molecule has 6 nitrogen and oxygen atoms in total. The fourth-order valence-electron chi connectivity index (χ4n) is 3.25. The third kappa shape index (κ3) is 3.87. The second-order valence-corrected chi connectivity index (χ2v) is 5.81. The van der Waals surface area contributed by atoms with Gasteiger partial charge >= 0.3 is 0 Å². The number of nitrogens with zero attached hydrogens (tertiary/aromatic N) is 1. The second kappa shape index (κ2) is 8.68. The van der Waals surface area contributed by atoms with Crippen LogP contribution in [-0.4, -0.2) is 50.6 Å². The van der Waals surface area contributed by atoms with Crippen LogP contribution in [0.15, 0.2) is 24.3 Å². The summed E-state index contributed by atoms with van der Waals surface area (Å²) in [5.41, 5.74) is 0.879. The van der Waals surface area contributed by atoms with Crippen molar-refractivity contribution < 1.29 is 19.1 Å². The van der Waals surface area contributed by atoms with Crippen molar-refractivity contribution in [1.82, 2.24) is 10.2 Å². The first kappa shape index (κ1) is 18.3. The Morgan fingerprint density at radius 3 is 2.75 bits per heavy atom. The Kier molecular flexibility index (Phi) is 6.61. The molecule has 0 aromatic heterocycles. The van der Waals surface area contributed by atoms with Crippen molar-refractivity contribution in [3.05, 3.63) is 29.8 Å². The van der Waals surface area contributed by atoms with Gasteiger partial charge in [-0.15, -0.1) is 0 Å². The summed E-state index contributed by atoms with van der Waals surface area (Å²) in [6.45, 7) is 3.64. The molecule has 2 amide bonds. The summed E-state index contributed by atoms with van der Waals surface area (Å²) >= 11 is 0. The quantitative estimate of drug-likeness (QED) is 0.736. The first-order valence-electron chi connectivity index (χ1n) is 8.33. The molecule has 6 heteroatoms. The summed E-state index contributed by atoms with van der Waals surface area (Å²) in [4.78, 5) is 26.8. The van der Waals surface area contributed by atoms with Gasteiger partial charge in [0.25, 0.3) is 0 Å². The SMILES string of the molecule is CCN1C(=O)C[C@@H](C(=O)NCCCOC)[C@@H]1c1ccccc1OC. The number of ether oxygens (including phenoxy) is 2. The van der Waals surface area contributed by atoms with E-state index in [9.17, 15) is 9.59 Å². The Labute approximate surface area is 143 Å². The minimum atomic E-state index is -0.406. The predicted molar refractivity (Wildman–Crippen MR) is 90.7 cm³/mol. The van der Waals surface area contributed by atoms with E-state index in [1.54, 1.807) is 19.1 Å². The first-order valence-corrected chi connectivity index (χ1v) is 8.33. The van der Waals surface area contributed by atoms with Gasteiger partial charge in [-0.25, -0.2) is 0 Å². The highest BCUT2D eigenvalue weighted by Gasteiger charge is 2.44. The smallest absolute Gasteiger partial charge is 0.226 e. The van der Waals surface area contributed by atoms with Gasteiger partial charge in [-0.1, -0.05) is 18.2 Å². The topological polar surface area (TPSA) is 67.9 Å². The molecule has 1 aliphatic heterocycles. The molecule has 0 spiro atoms. The van der Waals surface area contributed by atoms with Crippen LogP contribution in [0.3, 0.4) is 0 Å². The molecule has 1 heterocycles. The van der Waals surface area contributed by atoms with Crippen molar-refractivity contribution in [3.8, 4) is 5.75 Å². The summed E-state index contributed by atoms with van der Waals surface area (Å²) in [5.74, 6) is 0.209. The molecule has 1 N–H and O–H groups in total. The standard InChI is InChI=1S/C18H26N2O4/c1-4-20-16(21)12-14(18(22)19-10-7-11-23-2)17(20)13-8-5-6-9-15(13)24-3/h5-6,8-9,14,17H,4,7,10-12H2,1-3H3,(H,19,22)/t14-,17+/m1/s1. The van der Waals surface area contributed by atoms with Gasteiger partial charge in [-0.05, 0) is 19.4 Å². The Balaban J connectivity index is 2.22. The lowest BCUT2D eigenvalue weighted by molar-refractivity contribution is -0.129. The Hall–Kier alpha value is -2.08. The number of hydrogen-bond donors (Lipinski definition) is 1. The summed E-state index contributed by atoms with van der Waals surface area (Å²) in [6.07, 6.45) is 0.979. The van der Waals surface area contributed by atoms with E-state index in [1.165, 1.54) is 0 Å².